The number of ether oxygens (including phenoxy) is 1. The fourth-order valence-corrected chi connectivity index (χ4v) is 4.47. The molecule has 0 saturated carbocycles. The highest BCUT2D eigenvalue weighted by Crippen LogP contribution is 2.32. The molecule has 2 aromatic heterocycles. The first-order chi connectivity index (χ1) is 11.4. The van der Waals surface area contributed by atoms with Gasteiger partial charge in [0.05, 0.1) is 16.8 Å². The molecule has 0 saturated heterocycles. The minimum atomic E-state index is 0.673. The molecule has 2 aromatic carbocycles. The Balaban J connectivity index is 1.66. The van der Waals surface area contributed by atoms with Crippen LogP contribution in [-0.4, -0.2) is 21.2 Å². The van der Waals surface area contributed by atoms with Crippen molar-refractivity contribution in [1.29, 1.82) is 0 Å². The Bertz CT molecular complexity index is 961. The number of nitrogens with zero attached hydrogens (tertiary/aromatic N) is 3. The lowest BCUT2D eigenvalue weighted by molar-refractivity contribution is 0.337. The monoisotopic (exact) mass is 341 g/mol. The van der Waals surface area contributed by atoms with E-state index in [0.717, 1.165) is 27.1 Å². The van der Waals surface area contributed by atoms with E-state index in [1.165, 1.54) is 10.3 Å². The summed E-state index contributed by atoms with van der Waals surface area (Å²) in [5.41, 5.74) is 2.34. The van der Waals surface area contributed by atoms with Crippen LogP contribution in [-0.2, 0) is 5.75 Å². The molecule has 0 radical (unpaired) electrons. The standard InChI is InChI=1S/C17H15N3OS2/c1-2-21-14-9-5-3-7-12(14)11-22-16-18-19-17-20(16)13-8-4-6-10-15(13)23-17/h3-10H,2,11H2,1H3. The van der Waals surface area contributed by atoms with E-state index < -0.39 is 0 Å². The number of aromatic nitrogens is 3. The number of fused-ring (bicyclic) bond motifs is 3. The fraction of sp³-hybridized carbons (Fsp3) is 0.176. The molecule has 0 unspecified atom stereocenters. The summed E-state index contributed by atoms with van der Waals surface area (Å²) in [5.74, 6) is 1.75. The predicted octanol–water partition coefficient (Wildman–Crippen LogP) is 4.64. The van der Waals surface area contributed by atoms with E-state index in [4.69, 9.17) is 4.74 Å². The average Bonchev–Trinajstić information content (AvgIpc) is 3.13. The molecule has 4 nitrogen and oxygen atoms in total. The molecule has 4 aromatic rings. The minimum absolute atomic E-state index is 0.673. The molecule has 0 atom stereocenters. The van der Waals surface area contributed by atoms with Gasteiger partial charge in [-0.2, -0.15) is 0 Å². The van der Waals surface area contributed by atoms with Crippen molar-refractivity contribution in [3.05, 3.63) is 54.1 Å². The molecular weight excluding hydrogens is 326 g/mol. The molecule has 0 spiro atoms. The van der Waals surface area contributed by atoms with E-state index >= 15 is 0 Å². The number of para-hydroxylation sites is 2. The highest BCUT2D eigenvalue weighted by molar-refractivity contribution is 7.98. The first-order valence-electron chi connectivity index (χ1n) is 7.43. The van der Waals surface area contributed by atoms with Gasteiger partial charge < -0.3 is 4.74 Å². The zero-order valence-electron chi connectivity index (χ0n) is 12.6. The van der Waals surface area contributed by atoms with Gasteiger partial charge in [0.25, 0.3) is 0 Å². The van der Waals surface area contributed by atoms with Crippen LogP contribution in [0.15, 0.2) is 53.7 Å². The van der Waals surface area contributed by atoms with Gasteiger partial charge in [0.2, 0.25) is 4.96 Å². The molecule has 0 aliphatic carbocycles. The molecule has 0 aliphatic heterocycles. The molecule has 23 heavy (non-hydrogen) atoms. The lowest BCUT2D eigenvalue weighted by Crippen LogP contribution is -1.95. The number of hydrogen-bond acceptors (Lipinski definition) is 5. The van der Waals surface area contributed by atoms with Crippen molar-refractivity contribution in [3.8, 4) is 5.75 Å². The highest BCUT2D eigenvalue weighted by Gasteiger charge is 2.13. The number of benzene rings is 2. The van der Waals surface area contributed by atoms with Crippen LogP contribution in [0.25, 0.3) is 15.2 Å². The zero-order chi connectivity index (χ0) is 15.6. The summed E-state index contributed by atoms with van der Waals surface area (Å²) in [7, 11) is 0. The van der Waals surface area contributed by atoms with Crippen molar-refractivity contribution in [3.63, 3.8) is 0 Å². The number of hydrogen-bond donors (Lipinski definition) is 0. The third-order valence-corrected chi connectivity index (χ3v) is 5.53. The van der Waals surface area contributed by atoms with Gasteiger partial charge in [0.1, 0.15) is 5.75 Å². The summed E-state index contributed by atoms with van der Waals surface area (Å²) in [4.78, 5) is 0.937. The summed E-state index contributed by atoms with van der Waals surface area (Å²) in [5, 5.41) is 9.57. The van der Waals surface area contributed by atoms with Gasteiger partial charge in [-0.3, -0.25) is 4.40 Å². The Morgan fingerprint density at radius 1 is 1.09 bits per heavy atom. The highest BCUT2D eigenvalue weighted by atomic mass is 32.2. The van der Waals surface area contributed by atoms with Gasteiger partial charge in [0, 0.05) is 11.3 Å². The molecule has 0 aliphatic rings. The second-order valence-corrected chi connectivity index (χ2v) is 6.95. The summed E-state index contributed by atoms with van der Waals surface area (Å²) in [6.45, 7) is 2.68. The molecule has 2 heterocycles. The molecule has 0 fully saturated rings. The molecule has 4 rings (SSSR count). The van der Waals surface area contributed by atoms with E-state index in [0.29, 0.717) is 6.61 Å². The van der Waals surface area contributed by atoms with E-state index in [-0.39, 0.29) is 0 Å². The molecule has 6 heteroatoms. The van der Waals surface area contributed by atoms with Gasteiger partial charge >= 0.3 is 0 Å². The van der Waals surface area contributed by atoms with E-state index in [2.05, 4.69) is 38.9 Å². The van der Waals surface area contributed by atoms with Crippen LogP contribution in [0, 0.1) is 0 Å². The van der Waals surface area contributed by atoms with Crippen molar-refractivity contribution in [2.45, 2.75) is 17.8 Å². The maximum atomic E-state index is 5.70. The van der Waals surface area contributed by atoms with Crippen molar-refractivity contribution < 1.29 is 4.74 Å². The number of thioether (sulfide) groups is 1. The number of thiazole rings is 1. The van der Waals surface area contributed by atoms with Gasteiger partial charge in [0.15, 0.2) is 5.16 Å². The Kier molecular flexibility index (Phi) is 3.93. The Morgan fingerprint density at radius 3 is 2.83 bits per heavy atom. The summed E-state index contributed by atoms with van der Waals surface area (Å²) in [6, 6.07) is 16.5. The predicted molar refractivity (Wildman–Crippen MR) is 95.5 cm³/mol. The van der Waals surface area contributed by atoms with E-state index in [1.54, 1.807) is 23.1 Å². The van der Waals surface area contributed by atoms with Gasteiger partial charge in [-0.1, -0.05) is 53.4 Å². The van der Waals surface area contributed by atoms with Crippen molar-refractivity contribution in [2.24, 2.45) is 0 Å². The first-order valence-corrected chi connectivity index (χ1v) is 9.23. The van der Waals surface area contributed by atoms with Crippen LogP contribution in [0.1, 0.15) is 12.5 Å². The Morgan fingerprint density at radius 2 is 1.91 bits per heavy atom. The largest absolute Gasteiger partial charge is 0.494 e. The van der Waals surface area contributed by atoms with Crippen LogP contribution in [0.4, 0.5) is 0 Å². The minimum Gasteiger partial charge on any atom is -0.494 e. The first kappa shape index (κ1) is 14.5. The number of rotatable bonds is 5. The summed E-state index contributed by atoms with van der Waals surface area (Å²) >= 11 is 3.35. The molecular formula is C17H15N3OS2. The van der Waals surface area contributed by atoms with Gasteiger partial charge in [-0.05, 0) is 25.1 Å². The SMILES string of the molecule is CCOc1ccccc1CSc1nnc2sc3ccccc3n12. The maximum Gasteiger partial charge on any atom is 0.217 e. The molecule has 0 bridgehead atoms. The van der Waals surface area contributed by atoms with Gasteiger partial charge in [-0.25, -0.2) is 0 Å². The van der Waals surface area contributed by atoms with Crippen LogP contribution in [0.3, 0.4) is 0 Å². The van der Waals surface area contributed by atoms with E-state index in [9.17, 15) is 0 Å². The summed E-state index contributed by atoms with van der Waals surface area (Å²) in [6.07, 6.45) is 0. The zero-order valence-corrected chi connectivity index (χ0v) is 14.2. The third-order valence-electron chi connectivity index (χ3n) is 3.54. The van der Waals surface area contributed by atoms with Crippen LogP contribution < -0.4 is 4.74 Å². The summed E-state index contributed by atoms with van der Waals surface area (Å²) < 4.78 is 9.06. The van der Waals surface area contributed by atoms with Gasteiger partial charge in [-0.15, -0.1) is 10.2 Å². The maximum absolute atomic E-state index is 5.70. The topological polar surface area (TPSA) is 39.4 Å². The average molecular weight is 341 g/mol. The second-order valence-electron chi connectivity index (χ2n) is 5.00. The van der Waals surface area contributed by atoms with Crippen LogP contribution in [0.2, 0.25) is 0 Å². The van der Waals surface area contributed by atoms with Crippen molar-refractivity contribution >= 4 is 38.3 Å². The Hall–Kier alpha value is -2.05. The second kappa shape index (κ2) is 6.22. The lowest BCUT2D eigenvalue weighted by Gasteiger charge is -2.08. The lowest BCUT2D eigenvalue weighted by atomic mass is 10.2. The van der Waals surface area contributed by atoms with Crippen LogP contribution in [0.5, 0.6) is 5.75 Å². The van der Waals surface area contributed by atoms with E-state index in [1.807, 2.05) is 31.2 Å². The normalized spacial score (nSPS) is 11.3. The molecule has 0 N–H and O–H groups in total. The fourth-order valence-electron chi connectivity index (χ4n) is 2.51. The third kappa shape index (κ3) is 2.68. The van der Waals surface area contributed by atoms with Crippen molar-refractivity contribution in [1.82, 2.24) is 14.6 Å². The quantitative estimate of drug-likeness (QED) is 0.496. The van der Waals surface area contributed by atoms with Crippen molar-refractivity contribution in [2.75, 3.05) is 6.61 Å². The molecule has 0 amide bonds. The smallest absolute Gasteiger partial charge is 0.217 e. The Labute approximate surface area is 142 Å². The molecule has 116 valence electrons. The van der Waals surface area contributed by atoms with Crippen LogP contribution >= 0.6 is 23.1 Å².